The van der Waals surface area contributed by atoms with Crippen molar-refractivity contribution in [2.75, 3.05) is 20.2 Å². The minimum Gasteiger partial charge on any atom is -0.508 e. The third-order valence-corrected chi connectivity index (χ3v) is 4.45. The number of benzene rings is 2. The third kappa shape index (κ3) is 6.65. The Morgan fingerprint density at radius 3 is 2.63 bits per heavy atom. The molecule has 0 bridgehead atoms. The van der Waals surface area contributed by atoms with E-state index in [1.54, 1.807) is 31.5 Å². The molecule has 0 aliphatic heterocycles. The normalized spacial score (nSPS) is 10.9. The summed E-state index contributed by atoms with van der Waals surface area (Å²) in [7, 11) is 1.60. The number of nitrogens with one attached hydrogen (secondary N) is 2. The second kappa shape index (κ2) is 12.1. The highest BCUT2D eigenvalue weighted by atomic mass is 127. The highest BCUT2D eigenvalue weighted by Crippen LogP contribution is 2.23. The van der Waals surface area contributed by atoms with Crippen LogP contribution in [0.1, 0.15) is 18.1 Å². The molecule has 0 fully saturated rings. The first-order chi connectivity index (χ1) is 14.2. The van der Waals surface area contributed by atoms with Crippen LogP contribution < -0.4 is 15.4 Å². The van der Waals surface area contributed by atoms with Gasteiger partial charge < -0.3 is 20.5 Å². The lowest BCUT2D eigenvalue weighted by Gasteiger charge is -2.12. The minimum atomic E-state index is 0. The van der Waals surface area contributed by atoms with E-state index in [4.69, 9.17) is 4.74 Å². The van der Waals surface area contributed by atoms with Gasteiger partial charge in [-0.2, -0.15) is 5.10 Å². The number of aromatic nitrogens is 2. The maximum Gasteiger partial charge on any atom is 0.191 e. The van der Waals surface area contributed by atoms with Crippen molar-refractivity contribution in [2.45, 2.75) is 19.9 Å². The van der Waals surface area contributed by atoms with Crippen molar-refractivity contribution >= 4 is 29.9 Å². The molecule has 0 atom stereocenters. The van der Waals surface area contributed by atoms with E-state index in [-0.39, 0.29) is 29.7 Å². The van der Waals surface area contributed by atoms with E-state index in [1.165, 1.54) is 5.56 Å². The van der Waals surface area contributed by atoms with Crippen molar-refractivity contribution in [3.63, 3.8) is 0 Å². The van der Waals surface area contributed by atoms with E-state index in [1.807, 2.05) is 23.9 Å². The Bertz CT molecular complexity index is 927. The van der Waals surface area contributed by atoms with Crippen LogP contribution in [0.5, 0.6) is 11.5 Å². The number of hydrogen-bond acceptors (Lipinski definition) is 4. The van der Waals surface area contributed by atoms with Gasteiger partial charge in [0.05, 0.1) is 19.3 Å². The second-order valence-electron chi connectivity index (χ2n) is 6.48. The van der Waals surface area contributed by atoms with E-state index in [2.05, 4.69) is 45.0 Å². The molecular weight excluding hydrogens is 493 g/mol. The van der Waals surface area contributed by atoms with Gasteiger partial charge in [-0.3, -0.25) is 0 Å². The van der Waals surface area contributed by atoms with Crippen molar-refractivity contribution in [1.82, 2.24) is 20.4 Å². The zero-order valence-electron chi connectivity index (χ0n) is 17.2. The predicted octanol–water partition coefficient (Wildman–Crippen LogP) is 3.50. The topological polar surface area (TPSA) is 83.7 Å². The van der Waals surface area contributed by atoms with Crippen molar-refractivity contribution < 1.29 is 9.84 Å². The summed E-state index contributed by atoms with van der Waals surface area (Å²) in [5, 5.41) is 20.8. The van der Waals surface area contributed by atoms with Crippen LogP contribution in [-0.2, 0) is 13.0 Å². The van der Waals surface area contributed by atoms with Crippen molar-refractivity contribution in [3.8, 4) is 17.2 Å². The SMILES string of the molecule is CCNC(=NCc1cc(OC)ccc1O)NCCc1ccc(-n2cccn2)cc1.I. The fraction of sp³-hybridized carbons (Fsp3) is 0.273. The predicted molar refractivity (Wildman–Crippen MR) is 130 cm³/mol. The van der Waals surface area contributed by atoms with E-state index >= 15 is 0 Å². The minimum absolute atomic E-state index is 0. The number of hydrogen-bond donors (Lipinski definition) is 3. The number of guanidine groups is 1. The van der Waals surface area contributed by atoms with Crippen molar-refractivity contribution in [3.05, 3.63) is 72.1 Å². The van der Waals surface area contributed by atoms with Crippen molar-refractivity contribution in [1.29, 1.82) is 0 Å². The van der Waals surface area contributed by atoms with Crippen LogP contribution in [0.4, 0.5) is 0 Å². The van der Waals surface area contributed by atoms with Gasteiger partial charge in [0, 0.05) is 31.0 Å². The number of halogens is 1. The largest absolute Gasteiger partial charge is 0.508 e. The Hall–Kier alpha value is -2.75. The van der Waals surface area contributed by atoms with Gasteiger partial charge in [-0.1, -0.05) is 12.1 Å². The number of phenolic OH excluding ortho intramolecular Hbond substituents is 1. The summed E-state index contributed by atoms with van der Waals surface area (Å²) < 4.78 is 7.05. The number of rotatable bonds is 8. The molecule has 30 heavy (non-hydrogen) atoms. The molecule has 0 amide bonds. The van der Waals surface area contributed by atoms with Gasteiger partial charge in [-0.25, -0.2) is 9.67 Å². The Morgan fingerprint density at radius 2 is 1.97 bits per heavy atom. The van der Waals surface area contributed by atoms with Crippen LogP contribution in [0.25, 0.3) is 5.69 Å². The van der Waals surface area contributed by atoms with Crippen LogP contribution in [0.3, 0.4) is 0 Å². The quantitative estimate of drug-likeness (QED) is 0.240. The Balaban J connectivity index is 0.00000320. The highest BCUT2D eigenvalue weighted by molar-refractivity contribution is 14.0. The number of ether oxygens (including phenoxy) is 1. The summed E-state index contributed by atoms with van der Waals surface area (Å²) in [6.45, 7) is 3.89. The molecule has 0 aliphatic rings. The summed E-state index contributed by atoms with van der Waals surface area (Å²) in [6, 6.07) is 15.4. The fourth-order valence-electron chi connectivity index (χ4n) is 2.88. The number of nitrogens with zero attached hydrogens (tertiary/aromatic N) is 3. The summed E-state index contributed by atoms with van der Waals surface area (Å²) in [5.41, 5.74) is 2.99. The molecule has 8 heteroatoms. The Labute approximate surface area is 194 Å². The number of aliphatic imine (C=N–C) groups is 1. The highest BCUT2D eigenvalue weighted by Gasteiger charge is 2.04. The second-order valence-corrected chi connectivity index (χ2v) is 6.48. The van der Waals surface area contributed by atoms with Gasteiger partial charge in [0.15, 0.2) is 5.96 Å². The third-order valence-electron chi connectivity index (χ3n) is 4.45. The zero-order chi connectivity index (χ0) is 20.5. The lowest BCUT2D eigenvalue weighted by Crippen LogP contribution is -2.38. The van der Waals surface area contributed by atoms with Gasteiger partial charge in [0.1, 0.15) is 11.5 Å². The molecule has 2 aromatic carbocycles. The monoisotopic (exact) mass is 521 g/mol. The molecule has 0 spiro atoms. The van der Waals surface area contributed by atoms with Gasteiger partial charge in [0.2, 0.25) is 0 Å². The summed E-state index contributed by atoms with van der Waals surface area (Å²) in [4.78, 5) is 4.57. The van der Waals surface area contributed by atoms with Gasteiger partial charge >= 0.3 is 0 Å². The Morgan fingerprint density at radius 1 is 1.17 bits per heavy atom. The lowest BCUT2D eigenvalue weighted by atomic mass is 10.1. The average molecular weight is 521 g/mol. The first-order valence-electron chi connectivity index (χ1n) is 9.66. The Kier molecular flexibility index (Phi) is 9.46. The summed E-state index contributed by atoms with van der Waals surface area (Å²) >= 11 is 0. The fourth-order valence-corrected chi connectivity index (χ4v) is 2.88. The molecule has 0 radical (unpaired) electrons. The molecule has 160 valence electrons. The molecule has 0 unspecified atom stereocenters. The van der Waals surface area contributed by atoms with Crippen LogP contribution in [0.15, 0.2) is 65.9 Å². The van der Waals surface area contributed by atoms with Gasteiger partial charge in [-0.15, -0.1) is 24.0 Å². The van der Waals surface area contributed by atoms with E-state index in [0.717, 1.165) is 30.8 Å². The standard InChI is InChI=1S/C22H27N5O2.HI/c1-3-23-22(25-16-18-15-20(29-2)9-10-21(18)28)24-13-11-17-5-7-19(8-6-17)27-14-4-12-26-27;/h4-10,12,14-15,28H,3,11,13,16H2,1-2H3,(H2,23,24,25);1H. The van der Waals surface area contributed by atoms with Crippen LogP contribution >= 0.6 is 24.0 Å². The summed E-state index contributed by atoms with van der Waals surface area (Å²) in [5.74, 6) is 1.62. The molecule has 3 aromatic rings. The van der Waals surface area contributed by atoms with E-state index in [9.17, 15) is 5.11 Å². The summed E-state index contributed by atoms with van der Waals surface area (Å²) in [6.07, 6.45) is 4.56. The van der Waals surface area contributed by atoms with E-state index < -0.39 is 0 Å². The molecule has 1 heterocycles. The molecule has 3 rings (SSSR count). The van der Waals surface area contributed by atoms with Crippen LogP contribution in [-0.4, -0.2) is 41.0 Å². The van der Waals surface area contributed by atoms with Crippen molar-refractivity contribution in [2.24, 2.45) is 4.99 Å². The molecule has 0 saturated heterocycles. The van der Waals surface area contributed by atoms with Gasteiger partial charge in [0.25, 0.3) is 0 Å². The average Bonchev–Trinajstić information content (AvgIpc) is 3.28. The van der Waals surface area contributed by atoms with Crippen LogP contribution in [0, 0.1) is 0 Å². The maximum absolute atomic E-state index is 10.0. The van der Waals surface area contributed by atoms with Crippen LogP contribution in [0.2, 0.25) is 0 Å². The first-order valence-corrected chi connectivity index (χ1v) is 9.66. The maximum atomic E-state index is 10.0. The lowest BCUT2D eigenvalue weighted by molar-refractivity contribution is 0.411. The number of aromatic hydroxyl groups is 1. The van der Waals surface area contributed by atoms with Gasteiger partial charge in [-0.05, 0) is 55.3 Å². The molecule has 0 aliphatic carbocycles. The smallest absolute Gasteiger partial charge is 0.191 e. The molecule has 7 nitrogen and oxygen atoms in total. The molecule has 0 saturated carbocycles. The number of phenols is 1. The molecule has 1 aromatic heterocycles. The zero-order valence-corrected chi connectivity index (χ0v) is 19.5. The van der Waals surface area contributed by atoms with E-state index in [0.29, 0.717) is 18.3 Å². The number of methoxy groups -OCH3 is 1. The molecular formula is C22H28IN5O2. The molecule has 3 N–H and O–H groups in total. The first kappa shape index (κ1) is 23.5.